The summed E-state index contributed by atoms with van der Waals surface area (Å²) in [5, 5.41) is 5.60. The van der Waals surface area contributed by atoms with Gasteiger partial charge in [-0.3, -0.25) is 4.79 Å². The van der Waals surface area contributed by atoms with Gasteiger partial charge in [-0.15, -0.1) is 0 Å². The van der Waals surface area contributed by atoms with Crippen LogP contribution in [0.25, 0.3) is 0 Å². The zero-order chi connectivity index (χ0) is 20.3. The monoisotopic (exact) mass is 388 g/mol. The fraction of sp³-hybridized carbons (Fsp3) is 0.167. The molecule has 0 saturated heterocycles. The molecule has 0 heterocycles. The minimum Gasteiger partial charge on any atom is -0.410 e. The summed E-state index contributed by atoms with van der Waals surface area (Å²) in [7, 11) is 0. The third-order valence-electron chi connectivity index (χ3n) is 4.40. The summed E-state index contributed by atoms with van der Waals surface area (Å²) in [5.74, 6) is 0.183. The highest BCUT2D eigenvalue weighted by molar-refractivity contribution is 5.86. The molecule has 0 aliphatic carbocycles. The maximum Gasteiger partial charge on any atom is 0.413 e. The number of carbonyl (C=O) groups is 2. The van der Waals surface area contributed by atoms with Gasteiger partial charge in [0.1, 0.15) is 11.8 Å². The first kappa shape index (κ1) is 20.1. The Morgan fingerprint density at radius 3 is 1.93 bits per heavy atom. The predicted octanol–water partition coefficient (Wildman–Crippen LogP) is 3.75. The number of ether oxygens (including phenoxy) is 1. The number of hydrogen-bond donors (Lipinski definition) is 2. The lowest BCUT2D eigenvalue weighted by molar-refractivity contribution is -0.122. The van der Waals surface area contributed by atoms with Crippen LogP contribution < -0.4 is 15.4 Å². The Morgan fingerprint density at radius 1 is 0.759 bits per heavy atom. The highest BCUT2D eigenvalue weighted by atomic mass is 16.6. The summed E-state index contributed by atoms with van der Waals surface area (Å²) in [4.78, 5) is 25.0. The van der Waals surface area contributed by atoms with Gasteiger partial charge in [0.25, 0.3) is 0 Å². The van der Waals surface area contributed by atoms with E-state index in [1.165, 1.54) is 0 Å². The second-order valence-electron chi connectivity index (χ2n) is 6.62. The summed E-state index contributed by atoms with van der Waals surface area (Å²) in [6, 6.07) is 27.5. The minimum atomic E-state index is -0.732. The van der Waals surface area contributed by atoms with Crippen LogP contribution in [-0.4, -0.2) is 24.6 Å². The van der Waals surface area contributed by atoms with E-state index in [0.29, 0.717) is 18.7 Å². The van der Waals surface area contributed by atoms with Crippen LogP contribution in [-0.2, 0) is 17.6 Å². The van der Waals surface area contributed by atoms with E-state index in [9.17, 15) is 9.59 Å². The highest BCUT2D eigenvalue weighted by Gasteiger charge is 2.22. The van der Waals surface area contributed by atoms with Crippen molar-refractivity contribution in [3.05, 3.63) is 102 Å². The maximum absolute atomic E-state index is 12.7. The van der Waals surface area contributed by atoms with Gasteiger partial charge in [-0.05, 0) is 29.7 Å². The standard InChI is InChI=1S/C24H24N2O3/c27-23(25-17-16-19-10-4-1-5-11-19)22(18-20-12-6-2-7-13-20)26-24(28)29-21-14-8-3-9-15-21/h1-15,22H,16-18H2,(H,25,27)(H,26,28)/t22-/m0/s1. The SMILES string of the molecule is O=C(N[C@@H](Cc1ccccc1)C(=O)NCCc1ccccc1)Oc1ccccc1. The third kappa shape index (κ3) is 6.81. The quantitative estimate of drug-likeness (QED) is 0.618. The van der Waals surface area contributed by atoms with E-state index in [-0.39, 0.29) is 5.91 Å². The molecular formula is C24H24N2O3. The van der Waals surface area contributed by atoms with Crippen LogP contribution in [0.3, 0.4) is 0 Å². The van der Waals surface area contributed by atoms with Gasteiger partial charge in [-0.1, -0.05) is 78.9 Å². The highest BCUT2D eigenvalue weighted by Crippen LogP contribution is 2.09. The average molecular weight is 388 g/mol. The molecule has 1 atom stereocenters. The molecule has 0 aliphatic heterocycles. The molecule has 29 heavy (non-hydrogen) atoms. The molecule has 0 bridgehead atoms. The fourth-order valence-corrected chi connectivity index (χ4v) is 2.92. The zero-order valence-corrected chi connectivity index (χ0v) is 16.1. The number of nitrogens with one attached hydrogen (secondary N) is 2. The van der Waals surface area contributed by atoms with Gasteiger partial charge >= 0.3 is 6.09 Å². The Morgan fingerprint density at radius 2 is 1.31 bits per heavy atom. The summed E-state index contributed by atoms with van der Waals surface area (Å²) < 4.78 is 5.28. The normalized spacial score (nSPS) is 11.3. The molecule has 2 amide bonds. The first-order valence-electron chi connectivity index (χ1n) is 9.59. The van der Waals surface area contributed by atoms with Gasteiger partial charge < -0.3 is 15.4 Å². The van der Waals surface area contributed by atoms with Crippen molar-refractivity contribution >= 4 is 12.0 Å². The lowest BCUT2D eigenvalue weighted by Crippen LogP contribution is -2.49. The van der Waals surface area contributed by atoms with Crippen molar-refractivity contribution in [1.82, 2.24) is 10.6 Å². The number of hydrogen-bond acceptors (Lipinski definition) is 3. The van der Waals surface area contributed by atoms with Crippen LogP contribution in [0.15, 0.2) is 91.0 Å². The molecule has 0 unspecified atom stereocenters. The predicted molar refractivity (Wildman–Crippen MR) is 113 cm³/mol. The van der Waals surface area contributed by atoms with Crippen LogP contribution in [0.5, 0.6) is 5.75 Å². The molecule has 3 aromatic rings. The summed E-state index contributed by atoms with van der Waals surface area (Å²) in [6.45, 7) is 0.490. The summed E-state index contributed by atoms with van der Waals surface area (Å²) >= 11 is 0. The zero-order valence-electron chi connectivity index (χ0n) is 16.1. The Kier molecular flexibility index (Phi) is 7.41. The molecule has 3 rings (SSSR count). The van der Waals surface area contributed by atoms with Crippen LogP contribution in [0.1, 0.15) is 11.1 Å². The van der Waals surface area contributed by atoms with Crippen molar-refractivity contribution in [3.63, 3.8) is 0 Å². The van der Waals surface area contributed by atoms with E-state index in [1.54, 1.807) is 24.3 Å². The van der Waals surface area contributed by atoms with E-state index in [0.717, 1.165) is 17.5 Å². The largest absolute Gasteiger partial charge is 0.413 e. The molecule has 148 valence electrons. The summed E-state index contributed by atoms with van der Waals surface area (Å²) in [5.41, 5.74) is 2.10. The first-order valence-corrected chi connectivity index (χ1v) is 9.59. The van der Waals surface area contributed by atoms with Crippen LogP contribution >= 0.6 is 0 Å². The average Bonchev–Trinajstić information content (AvgIpc) is 2.75. The van der Waals surface area contributed by atoms with Gasteiger partial charge in [0, 0.05) is 13.0 Å². The maximum atomic E-state index is 12.7. The molecule has 2 N–H and O–H groups in total. The molecule has 5 heteroatoms. The Labute approximate surface area is 170 Å². The van der Waals surface area contributed by atoms with Crippen LogP contribution in [0.4, 0.5) is 4.79 Å². The molecule has 0 saturated carbocycles. The number of para-hydroxylation sites is 1. The molecule has 3 aromatic carbocycles. The Hall–Kier alpha value is -3.60. The molecule has 5 nitrogen and oxygen atoms in total. The van der Waals surface area contributed by atoms with E-state index in [1.807, 2.05) is 66.7 Å². The number of rotatable bonds is 8. The van der Waals surface area contributed by atoms with Crippen molar-refractivity contribution in [2.75, 3.05) is 6.54 Å². The van der Waals surface area contributed by atoms with Gasteiger partial charge in [-0.25, -0.2) is 4.79 Å². The second-order valence-corrected chi connectivity index (χ2v) is 6.62. The molecule has 0 fully saturated rings. The molecule has 0 radical (unpaired) electrons. The Balaban J connectivity index is 1.60. The van der Waals surface area contributed by atoms with Crippen molar-refractivity contribution in [2.45, 2.75) is 18.9 Å². The molecule has 0 spiro atoms. The van der Waals surface area contributed by atoms with Crippen molar-refractivity contribution < 1.29 is 14.3 Å². The van der Waals surface area contributed by atoms with E-state index < -0.39 is 12.1 Å². The number of amides is 2. The van der Waals surface area contributed by atoms with Gasteiger partial charge in [0.15, 0.2) is 0 Å². The van der Waals surface area contributed by atoms with E-state index in [4.69, 9.17) is 4.74 Å². The smallest absolute Gasteiger partial charge is 0.410 e. The van der Waals surface area contributed by atoms with Crippen molar-refractivity contribution in [1.29, 1.82) is 0 Å². The molecule has 0 aromatic heterocycles. The first-order chi connectivity index (χ1) is 14.2. The minimum absolute atomic E-state index is 0.241. The third-order valence-corrected chi connectivity index (χ3v) is 4.40. The topological polar surface area (TPSA) is 67.4 Å². The van der Waals surface area contributed by atoms with Crippen LogP contribution in [0.2, 0.25) is 0 Å². The van der Waals surface area contributed by atoms with Crippen LogP contribution in [0, 0.1) is 0 Å². The summed E-state index contributed by atoms with van der Waals surface area (Å²) in [6.07, 6.45) is 0.441. The molecular weight excluding hydrogens is 364 g/mol. The second kappa shape index (κ2) is 10.7. The van der Waals surface area contributed by atoms with Crippen molar-refractivity contribution in [3.8, 4) is 5.75 Å². The number of carbonyl (C=O) groups excluding carboxylic acids is 2. The van der Waals surface area contributed by atoms with Gasteiger partial charge in [-0.2, -0.15) is 0 Å². The lowest BCUT2D eigenvalue weighted by Gasteiger charge is -2.18. The van der Waals surface area contributed by atoms with Crippen molar-refractivity contribution in [2.24, 2.45) is 0 Å². The van der Waals surface area contributed by atoms with Gasteiger partial charge in [0.05, 0.1) is 0 Å². The lowest BCUT2D eigenvalue weighted by atomic mass is 10.1. The van der Waals surface area contributed by atoms with E-state index in [2.05, 4.69) is 10.6 Å². The molecule has 0 aliphatic rings. The van der Waals surface area contributed by atoms with Gasteiger partial charge in [0.2, 0.25) is 5.91 Å². The fourth-order valence-electron chi connectivity index (χ4n) is 2.92. The Bertz CT molecular complexity index is 899. The van der Waals surface area contributed by atoms with E-state index >= 15 is 0 Å². The number of benzene rings is 3.